The first kappa shape index (κ1) is 13.9. The first-order chi connectivity index (χ1) is 10.6. The summed E-state index contributed by atoms with van der Waals surface area (Å²) in [5, 5.41) is 2.74. The highest BCUT2D eigenvalue weighted by Crippen LogP contribution is 2.14. The number of aromatic amines is 1. The van der Waals surface area contributed by atoms with E-state index in [0.29, 0.717) is 10.9 Å². The maximum atomic E-state index is 13.1. The molecule has 6 heteroatoms. The highest BCUT2D eigenvalue weighted by atomic mass is 19.2. The lowest BCUT2D eigenvalue weighted by Gasteiger charge is -2.06. The first-order valence-electron chi connectivity index (χ1n) is 6.43. The SMILES string of the molecule is O=C(Nc1ccc(F)c(F)c1)c1c[nH]c2ccccc2c1=O. The van der Waals surface area contributed by atoms with E-state index in [1.807, 2.05) is 0 Å². The number of carbonyl (C=O) groups is 1. The number of aromatic nitrogens is 1. The van der Waals surface area contributed by atoms with Crippen molar-refractivity contribution in [3.05, 3.63) is 76.1 Å². The molecule has 4 nitrogen and oxygen atoms in total. The van der Waals surface area contributed by atoms with E-state index in [2.05, 4.69) is 10.3 Å². The number of carbonyl (C=O) groups excluding carboxylic acids is 1. The third-order valence-electron chi connectivity index (χ3n) is 3.21. The molecule has 1 aromatic heterocycles. The van der Waals surface area contributed by atoms with E-state index in [-0.39, 0.29) is 11.3 Å². The number of anilines is 1. The zero-order chi connectivity index (χ0) is 15.7. The molecule has 1 amide bonds. The van der Waals surface area contributed by atoms with Gasteiger partial charge in [0.05, 0.1) is 0 Å². The van der Waals surface area contributed by atoms with Gasteiger partial charge in [0.15, 0.2) is 11.6 Å². The molecule has 0 aliphatic heterocycles. The molecule has 0 unspecified atom stereocenters. The van der Waals surface area contributed by atoms with Gasteiger partial charge >= 0.3 is 0 Å². The van der Waals surface area contributed by atoms with Crippen LogP contribution < -0.4 is 10.7 Å². The van der Waals surface area contributed by atoms with Gasteiger partial charge in [0.2, 0.25) is 5.43 Å². The summed E-state index contributed by atoms with van der Waals surface area (Å²) in [5.74, 6) is -2.79. The Morgan fingerprint density at radius 3 is 2.59 bits per heavy atom. The van der Waals surface area contributed by atoms with Gasteiger partial charge in [-0.05, 0) is 24.3 Å². The number of amides is 1. The average Bonchev–Trinajstić information content (AvgIpc) is 2.51. The van der Waals surface area contributed by atoms with E-state index in [0.717, 1.165) is 12.1 Å². The van der Waals surface area contributed by atoms with Crippen LogP contribution in [0.1, 0.15) is 10.4 Å². The van der Waals surface area contributed by atoms with Crippen LogP contribution in [0.25, 0.3) is 10.9 Å². The molecule has 3 rings (SSSR count). The molecular formula is C16H10F2N2O2. The number of hydrogen-bond acceptors (Lipinski definition) is 2. The number of fused-ring (bicyclic) bond motifs is 1. The van der Waals surface area contributed by atoms with Crippen molar-refractivity contribution in [3.63, 3.8) is 0 Å². The van der Waals surface area contributed by atoms with Gasteiger partial charge in [-0.2, -0.15) is 0 Å². The number of rotatable bonds is 2. The number of para-hydroxylation sites is 1. The van der Waals surface area contributed by atoms with Crippen molar-refractivity contribution in [2.75, 3.05) is 5.32 Å². The highest BCUT2D eigenvalue weighted by Gasteiger charge is 2.13. The summed E-state index contributed by atoms with van der Waals surface area (Å²) in [7, 11) is 0. The number of benzene rings is 2. The molecule has 2 N–H and O–H groups in total. The molecule has 0 spiro atoms. The van der Waals surface area contributed by atoms with Gasteiger partial charge in [-0.3, -0.25) is 9.59 Å². The molecule has 0 saturated heterocycles. The van der Waals surface area contributed by atoms with Crippen molar-refractivity contribution in [2.24, 2.45) is 0 Å². The van der Waals surface area contributed by atoms with Gasteiger partial charge in [-0.1, -0.05) is 12.1 Å². The van der Waals surface area contributed by atoms with Gasteiger partial charge < -0.3 is 10.3 Å². The highest BCUT2D eigenvalue weighted by molar-refractivity contribution is 6.05. The van der Waals surface area contributed by atoms with Crippen LogP contribution >= 0.6 is 0 Å². The molecule has 0 aliphatic carbocycles. The second-order valence-electron chi connectivity index (χ2n) is 4.66. The van der Waals surface area contributed by atoms with Gasteiger partial charge in [-0.25, -0.2) is 8.78 Å². The number of H-pyrrole nitrogens is 1. The summed E-state index contributed by atoms with van der Waals surface area (Å²) < 4.78 is 26.0. The van der Waals surface area contributed by atoms with Crippen LogP contribution in [0.3, 0.4) is 0 Å². The van der Waals surface area contributed by atoms with Crippen LogP contribution in [0, 0.1) is 11.6 Å². The Morgan fingerprint density at radius 2 is 1.82 bits per heavy atom. The van der Waals surface area contributed by atoms with Crippen molar-refractivity contribution in [1.29, 1.82) is 0 Å². The Morgan fingerprint density at radius 1 is 1.05 bits per heavy atom. The van der Waals surface area contributed by atoms with Crippen LogP contribution in [0.4, 0.5) is 14.5 Å². The molecule has 0 radical (unpaired) electrons. The minimum atomic E-state index is -1.08. The standard InChI is InChI=1S/C16H10F2N2O2/c17-12-6-5-9(7-13(12)18)20-16(22)11-8-19-14-4-2-1-3-10(14)15(11)21/h1-8H,(H,19,21)(H,20,22). The third kappa shape index (κ3) is 2.46. The molecule has 0 bridgehead atoms. The van der Waals surface area contributed by atoms with E-state index in [4.69, 9.17) is 0 Å². The molecule has 3 aromatic rings. The maximum Gasteiger partial charge on any atom is 0.261 e. The fourth-order valence-electron chi connectivity index (χ4n) is 2.11. The molecular weight excluding hydrogens is 290 g/mol. The predicted molar refractivity (Wildman–Crippen MR) is 78.9 cm³/mol. The lowest BCUT2D eigenvalue weighted by Crippen LogP contribution is -2.22. The Kier molecular flexibility index (Phi) is 3.42. The lowest BCUT2D eigenvalue weighted by atomic mass is 10.1. The molecule has 110 valence electrons. The van der Waals surface area contributed by atoms with E-state index < -0.39 is 23.0 Å². The van der Waals surface area contributed by atoms with Crippen molar-refractivity contribution in [2.45, 2.75) is 0 Å². The summed E-state index contributed by atoms with van der Waals surface area (Å²) in [6.45, 7) is 0. The molecule has 0 saturated carbocycles. The quantitative estimate of drug-likeness (QED) is 0.764. The predicted octanol–water partition coefficient (Wildman–Crippen LogP) is 3.06. The smallest absolute Gasteiger partial charge is 0.261 e. The average molecular weight is 300 g/mol. The minimum absolute atomic E-state index is 0.0662. The minimum Gasteiger partial charge on any atom is -0.360 e. The van der Waals surface area contributed by atoms with Crippen LogP contribution in [0.2, 0.25) is 0 Å². The van der Waals surface area contributed by atoms with E-state index in [1.165, 1.54) is 12.3 Å². The Labute approximate surface area is 123 Å². The van der Waals surface area contributed by atoms with E-state index >= 15 is 0 Å². The summed E-state index contributed by atoms with van der Waals surface area (Å²) in [6.07, 6.45) is 1.29. The van der Waals surface area contributed by atoms with Crippen LogP contribution in [0.5, 0.6) is 0 Å². The summed E-state index contributed by atoms with van der Waals surface area (Å²) in [6, 6.07) is 9.73. The van der Waals surface area contributed by atoms with Gasteiger partial charge in [-0.15, -0.1) is 0 Å². The summed E-state index contributed by atoms with van der Waals surface area (Å²) in [4.78, 5) is 27.2. The maximum absolute atomic E-state index is 13.1. The number of pyridine rings is 1. The lowest BCUT2D eigenvalue weighted by molar-refractivity contribution is 0.102. The zero-order valence-corrected chi connectivity index (χ0v) is 11.2. The van der Waals surface area contributed by atoms with Crippen LogP contribution in [-0.4, -0.2) is 10.9 Å². The molecule has 2 aromatic carbocycles. The molecule has 0 atom stereocenters. The summed E-state index contributed by atoms with van der Waals surface area (Å²) in [5.41, 5.74) is 0.131. The molecule has 1 heterocycles. The Bertz CT molecular complexity index is 935. The fraction of sp³-hybridized carbons (Fsp3) is 0. The topological polar surface area (TPSA) is 62.0 Å². The Balaban J connectivity index is 1.97. The van der Waals surface area contributed by atoms with Crippen LogP contribution in [-0.2, 0) is 0 Å². The van der Waals surface area contributed by atoms with Crippen LogP contribution in [0.15, 0.2) is 53.5 Å². The third-order valence-corrected chi connectivity index (χ3v) is 3.21. The normalized spacial score (nSPS) is 10.6. The van der Waals surface area contributed by atoms with Gasteiger partial charge in [0.1, 0.15) is 5.56 Å². The fourth-order valence-corrected chi connectivity index (χ4v) is 2.11. The Hall–Kier alpha value is -3.02. The second-order valence-corrected chi connectivity index (χ2v) is 4.66. The summed E-state index contributed by atoms with van der Waals surface area (Å²) >= 11 is 0. The zero-order valence-electron chi connectivity index (χ0n) is 11.2. The second kappa shape index (κ2) is 5.40. The van der Waals surface area contributed by atoms with E-state index in [1.54, 1.807) is 24.3 Å². The number of nitrogens with one attached hydrogen (secondary N) is 2. The number of halogens is 2. The molecule has 22 heavy (non-hydrogen) atoms. The molecule has 0 fully saturated rings. The largest absolute Gasteiger partial charge is 0.360 e. The van der Waals surface area contributed by atoms with Gasteiger partial charge in [0, 0.05) is 28.9 Å². The van der Waals surface area contributed by atoms with Crippen molar-refractivity contribution < 1.29 is 13.6 Å². The van der Waals surface area contributed by atoms with E-state index in [9.17, 15) is 18.4 Å². The first-order valence-corrected chi connectivity index (χ1v) is 6.43. The molecule has 0 aliphatic rings. The van der Waals surface area contributed by atoms with Gasteiger partial charge in [0.25, 0.3) is 5.91 Å². The monoisotopic (exact) mass is 300 g/mol. The van der Waals surface area contributed by atoms with Crippen molar-refractivity contribution >= 4 is 22.5 Å². The number of hydrogen-bond donors (Lipinski definition) is 2. The van der Waals surface area contributed by atoms with Crippen molar-refractivity contribution in [3.8, 4) is 0 Å². The van der Waals surface area contributed by atoms with Crippen molar-refractivity contribution in [1.82, 2.24) is 4.98 Å².